The average Bonchev–Trinajstić information content (AvgIpc) is 2.90. The van der Waals surface area contributed by atoms with E-state index in [-0.39, 0.29) is 16.3 Å². The molecule has 110 valence electrons. The lowest BCUT2D eigenvalue weighted by Gasteiger charge is -2.05. The third-order valence-corrected chi connectivity index (χ3v) is 3.84. The summed E-state index contributed by atoms with van der Waals surface area (Å²) in [7, 11) is 0. The Morgan fingerprint density at radius 2 is 2.19 bits per heavy atom. The molecule has 0 radical (unpaired) electrons. The van der Waals surface area contributed by atoms with E-state index in [0.29, 0.717) is 18.7 Å². The molecule has 0 unspecified atom stereocenters. The van der Waals surface area contributed by atoms with Crippen molar-refractivity contribution in [2.75, 3.05) is 11.9 Å². The number of benzene rings is 1. The number of carbonyl (C=O) groups excluding carboxylic acids is 1. The van der Waals surface area contributed by atoms with Gasteiger partial charge in [-0.1, -0.05) is 11.6 Å². The van der Waals surface area contributed by atoms with Crippen LogP contribution in [0.25, 0.3) is 0 Å². The number of hydrogen-bond donors (Lipinski definition) is 3. The van der Waals surface area contributed by atoms with Gasteiger partial charge in [0.1, 0.15) is 5.69 Å². The molecule has 0 saturated carbocycles. The minimum Gasteiger partial charge on any atom is -0.478 e. The molecule has 6 nitrogen and oxygen atoms in total. The van der Waals surface area contributed by atoms with Crippen LogP contribution in [-0.4, -0.2) is 28.5 Å². The van der Waals surface area contributed by atoms with Crippen molar-refractivity contribution in [3.05, 3.63) is 44.9 Å². The Labute approximate surface area is 129 Å². The molecule has 2 aromatic rings. The number of anilines is 1. The number of rotatable bonds is 5. The number of thiazole rings is 1. The van der Waals surface area contributed by atoms with Crippen LogP contribution in [0.5, 0.6) is 0 Å². The fourth-order valence-electron chi connectivity index (χ4n) is 1.62. The molecule has 4 N–H and O–H groups in total. The number of halogens is 1. The van der Waals surface area contributed by atoms with Crippen LogP contribution < -0.4 is 11.1 Å². The smallest absolute Gasteiger partial charge is 0.337 e. The number of carboxylic acids is 1. The SMILES string of the molecule is NCCc1nc(C(=O)Nc2ccc(Cl)c(C(=O)O)c2)cs1. The molecule has 0 spiro atoms. The second kappa shape index (κ2) is 6.66. The quantitative estimate of drug-likeness (QED) is 0.782. The normalized spacial score (nSPS) is 10.4. The molecule has 0 aliphatic rings. The fraction of sp³-hybridized carbons (Fsp3) is 0.154. The lowest BCUT2D eigenvalue weighted by Crippen LogP contribution is -2.13. The molecule has 8 heteroatoms. The topological polar surface area (TPSA) is 105 Å². The first-order valence-electron chi connectivity index (χ1n) is 6.00. The van der Waals surface area contributed by atoms with Crippen molar-refractivity contribution in [1.29, 1.82) is 0 Å². The van der Waals surface area contributed by atoms with E-state index in [1.54, 1.807) is 5.38 Å². The van der Waals surface area contributed by atoms with E-state index >= 15 is 0 Å². The summed E-state index contributed by atoms with van der Waals surface area (Å²) in [6, 6.07) is 4.25. The first kappa shape index (κ1) is 15.4. The number of nitrogens with one attached hydrogen (secondary N) is 1. The minimum absolute atomic E-state index is 0.0726. The zero-order valence-electron chi connectivity index (χ0n) is 10.8. The van der Waals surface area contributed by atoms with Gasteiger partial charge in [0.05, 0.1) is 15.6 Å². The Bertz CT molecular complexity index is 687. The number of amides is 1. The van der Waals surface area contributed by atoms with Gasteiger partial charge in [0.15, 0.2) is 0 Å². The predicted octanol–water partition coefficient (Wildman–Crippen LogP) is 2.25. The van der Waals surface area contributed by atoms with Crippen LogP contribution in [0.4, 0.5) is 5.69 Å². The number of nitrogens with zero attached hydrogens (tertiary/aromatic N) is 1. The third kappa shape index (κ3) is 3.78. The number of hydrogen-bond acceptors (Lipinski definition) is 5. The Balaban J connectivity index is 2.15. The maximum absolute atomic E-state index is 12.0. The molecule has 0 atom stereocenters. The standard InChI is InChI=1S/C13H12ClN3O3S/c14-9-2-1-7(5-8(9)13(19)20)16-12(18)10-6-21-11(17-10)3-4-15/h1-2,5-6H,3-4,15H2,(H,16,18)(H,19,20). The van der Waals surface area contributed by atoms with Gasteiger partial charge >= 0.3 is 5.97 Å². The molecule has 0 bridgehead atoms. The second-order valence-corrected chi connectivity index (χ2v) is 5.47. The van der Waals surface area contributed by atoms with E-state index in [2.05, 4.69) is 10.3 Å². The molecule has 1 aromatic heterocycles. The molecular formula is C13H12ClN3O3S. The van der Waals surface area contributed by atoms with Crippen LogP contribution in [0.1, 0.15) is 25.9 Å². The van der Waals surface area contributed by atoms with Crippen LogP contribution in [-0.2, 0) is 6.42 Å². The lowest BCUT2D eigenvalue weighted by molar-refractivity contribution is 0.0696. The van der Waals surface area contributed by atoms with Crippen LogP contribution in [0.3, 0.4) is 0 Å². The second-order valence-electron chi connectivity index (χ2n) is 4.12. The van der Waals surface area contributed by atoms with Gasteiger partial charge in [-0.25, -0.2) is 9.78 Å². The number of carbonyl (C=O) groups is 2. The van der Waals surface area contributed by atoms with Crippen molar-refractivity contribution in [2.24, 2.45) is 5.73 Å². The van der Waals surface area contributed by atoms with E-state index < -0.39 is 11.9 Å². The van der Waals surface area contributed by atoms with Crippen LogP contribution >= 0.6 is 22.9 Å². The van der Waals surface area contributed by atoms with Crippen LogP contribution in [0.15, 0.2) is 23.6 Å². The predicted molar refractivity (Wildman–Crippen MR) is 81.2 cm³/mol. The Hall–Kier alpha value is -1.96. The van der Waals surface area contributed by atoms with E-state index in [1.807, 2.05) is 0 Å². The maximum Gasteiger partial charge on any atom is 0.337 e. The Morgan fingerprint density at radius 3 is 2.86 bits per heavy atom. The highest BCUT2D eigenvalue weighted by Crippen LogP contribution is 2.21. The fourth-order valence-corrected chi connectivity index (χ4v) is 2.61. The van der Waals surface area contributed by atoms with Crippen molar-refractivity contribution in [3.63, 3.8) is 0 Å². The number of carboxylic acid groups (broad SMARTS) is 1. The number of nitrogens with two attached hydrogens (primary N) is 1. The number of aromatic nitrogens is 1. The zero-order valence-corrected chi connectivity index (χ0v) is 12.4. The molecule has 0 saturated heterocycles. The number of aromatic carboxylic acids is 1. The third-order valence-electron chi connectivity index (χ3n) is 2.60. The Morgan fingerprint density at radius 1 is 1.43 bits per heavy atom. The molecule has 0 aliphatic carbocycles. The van der Waals surface area contributed by atoms with Gasteiger partial charge < -0.3 is 16.2 Å². The van der Waals surface area contributed by atoms with Crippen LogP contribution in [0.2, 0.25) is 5.02 Å². The van der Waals surface area contributed by atoms with E-state index in [9.17, 15) is 9.59 Å². The molecular weight excluding hydrogens is 314 g/mol. The molecule has 0 aliphatic heterocycles. The van der Waals surface area contributed by atoms with Crippen molar-refractivity contribution < 1.29 is 14.7 Å². The first-order chi connectivity index (χ1) is 10.0. The highest BCUT2D eigenvalue weighted by Gasteiger charge is 2.13. The summed E-state index contributed by atoms with van der Waals surface area (Å²) >= 11 is 7.12. The van der Waals surface area contributed by atoms with Crippen molar-refractivity contribution >= 4 is 40.5 Å². The highest BCUT2D eigenvalue weighted by atomic mass is 35.5. The van der Waals surface area contributed by atoms with Gasteiger partial charge in [0.2, 0.25) is 0 Å². The molecule has 21 heavy (non-hydrogen) atoms. The van der Waals surface area contributed by atoms with Crippen LogP contribution in [0, 0.1) is 0 Å². The largest absolute Gasteiger partial charge is 0.478 e. The zero-order chi connectivity index (χ0) is 15.4. The Kier molecular flexibility index (Phi) is 4.89. The minimum atomic E-state index is -1.16. The summed E-state index contributed by atoms with van der Waals surface area (Å²) in [6.45, 7) is 0.466. The lowest BCUT2D eigenvalue weighted by atomic mass is 10.2. The van der Waals surface area contributed by atoms with Gasteiger partial charge in [0.25, 0.3) is 5.91 Å². The van der Waals surface area contributed by atoms with Crippen molar-refractivity contribution in [2.45, 2.75) is 6.42 Å². The maximum atomic E-state index is 12.0. The van der Waals surface area contributed by atoms with Crippen molar-refractivity contribution in [3.8, 4) is 0 Å². The average molecular weight is 326 g/mol. The van der Waals surface area contributed by atoms with Crippen molar-refractivity contribution in [1.82, 2.24) is 4.98 Å². The molecule has 1 aromatic carbocycles. The first-order valence-corrected chi connectivity index (χ1v) is 7.25. The van der Waals surface area contributed by atoms with Gasteiger partial charge in [0, 0.05) is 17.5 Å². The summed E-state index contributed by atoms with van der Waals surface area (Å²) in [4.78, 5) is 27.2. The molecule has 1 amide bonds. The summed E-state index contributed by atoms with van der Waals surface area (Å²) in [5, 5.41) is 14.1. The summed E-state index contributed by atoms with van der Waals surface area (Å²) in [5.41, 5.74) is 5.97. The molecule has 1 heterocycles. The summed E-state index contributed by atoms with van der Waals surface area (Å²) in [5.74, 6) is -1.57. The monoisotopic (exact) mass is 325 g/mol. The molecule has 0 fully saturated rings. The van der Waals surface area contributed by atoms with E-state index in [4.69, 9.17) is 22.4 Å². The van der Waals surface area contributed by atoms with E-state index in [1.165, 1.54) is 29.5 Å². The molecule has 2 rings (SSSR count). The van der Waals surface area contributed by atoms with Gasteiger partial charge in [-0.15, -0.1) is 11.3 Å². The van der Waals surface area contributed by atoms with Gasteiger partial charge in [-0.3, -0.25) is 4.79 Å². The van der Waals surface area contributed by atoms with Gasteiger partial charge in [-0.05, 0) is 24.7 Å². The van der Waals surface area contributed by atoms with E-state index in [0.717, 1.165) is 5.01 Å². The highest BCUT2D eigenvalue weighted by molar-refractivity contribution is 7.09. The summed E-state index contributed by atoms with van der Waals surface area (Å²) in [6.07, 6.45) is 0.613. The van der Waals surface area contributed by atoms with Gasteiger partial charge in [-0.2, -0.15) is 0 Å². The summed E-state index contributed by atoms with van der Waals surface area (Å²) < 4.78 is 0.